The molecule has 1 amide bonds. The SMILES string of the molecule is CCCCCCSc1nc([O-])c2[n+](n1)C(c1ccc(OC)c(OC)c1)N(C(C)=O)c1ccccc1-2. The lowest BCUT2D eigenvalue weighted by molar-refractivity contribution is -0.764. The van der Waals surface area contributed by atoms with Gasteiger partial charge in [0.15, 0.2) is 11.5 Å². The Bertz CT molecular complexity index is 1220. The highest BCUT2D eigenvalue weighted by molar-refractivity contribution is 7.99. The van der Waals surface area contributed by atoms with E-state index in [1.807, 2.05) is 36.4 Å². The summed E-state index contributed by atoms with van der Waals surface area (Å²) in [5.74, 6) is 1.39. The standard InChI is InChI=1S/C26H30N4O4S/c1-5-6-7-10-15-35-26-27-24(32)23-19-11-8-9-12-20(19)29(17(2)31)25(30(23)28-26)18-13-14-21(33-3)22(16-18)34-4/h8-9,11-14,16,25H,5-7,10,15H2,1-4H3. The van der Waals surface area contributed by atoms with Gasteiger partial charge >= 0.3 is 0 Å². The highest BCUT2D eigenvalue weighted by Crippen LogP contribution is 2.42. The molecule has 0 N–H and O–H groups in total. The topological polar surface area (TPSA) is 91.5 Å². The Kier molecular flexibility index (Phi) is 7.75. The van der Waals surface area contributed by atoms with E-state index in [2.05, 4.69) is 11.9 Å². The summed E-state index contributed by atoms with van der Waals surface area (Å²) in [4.78, 5) is 19.0. The van der Waals surface area contributed by atoms with Gasteiger partial charge in [0, 0.05) is 23.3 Å². The second kappa shape index (κ2) is 10.9. The van der Waals surface area contributed by atoms with E-state index >= 15 is 0 Å². The minimum Gasteiger partial charge on any atom is -0.854 e. The number of nitrogens with zero attached hydrogens (tertiary/aromatic N) is 4. The fourth-order valence-corrected chi connectivity index (χ4v) is 5.17. The number of amides is 1. The number of unbranched alkanes of at least 4 members (excludes halogenated alkanes) is 3. The molecule has 1 aromatic heterocycles. The molecule has 0 fully saturated rings. The normalized spacial score (nSPS) is 14.3. The molecular weight excluding hydrogens is 464 g/mol. The molecule has 0 spiro atoms. The molecule has 1 aliphatic rings. The number of ether oxygens (including phenoxy) is 2. The van der Waals surface area contributed by atoms with E-state index in [0.717, 1.165) is 30.6 Å². The van der Waals surface area contributed by atoms with Crippen LogP contribution in [0.25, 0.3) is 11.3 Å². The molecule has 1 atom stereocenters. The predicted octanol–water partition coefficient (Wildman–Crippen LogP) is 4.11. The van der Waals surface area contributed by atoms with Crippen molar-refractivity contribution in [3.05, 3.63) is 48.0 Å². The average molecular weight is 495 g/mol. The number of carbonyl (C=O) groups is 1. The van der Waals surface area contributed by atoms with Gasteiger partial charge in [-0.05, 0) is 36.8 Å². The number of hydrogen-bond acceptors (Lipinski definition) is 7. The smallest absolute Gasteiger partial charge is 0.293 e. The molecule has 0 bridgehead atoms. The van der Waals surface area contributed by atoms with Crippen molar-refractivity contribution in [2.75, 3.05) is 24.9 Å². The van der Waals surface area contributed by atoms with Crippen molar-refractivity contribution in [2.24, 2.45) is 0 Å². The molecule has 3 aromatic rings. The first kappa shape index (κ1) is 24.8. The Morgan fingerprint density at radius 2 is 1.89 bits per heavy atom. The third-order valence-corrected chi connectivity index (χ3v) is 6.92. The van der Waals surface area contributed by atoms with Gasteiger partial charge in [0.1, 0.15) is 0 Å². The van der Waals surface area contributed by atoms with E-state index in [1.165, 1.54) is 25.1 Å². The molecule has 1 unspecified atom stereocenters. The number of methoxy groups -OCH3 is 2. The summed E-state index contributed by atoms with van der Waals surface area (Å²) in [6.07, 6.45) is 3.81. The van der Waals surface area contributed by atoms with E-state index < -0.39 is 6.17 Å². The second-order valence-corrected chi connectivity index (χ2v) is 9.36. The summed E-state index contributed by atoms with van der Waals surface area (Å²) in [5.41, 5.74) is 2.35. The predicted molar refractivity (Wildman–Crippen MR) is 133 cm³/mol. The van der Waals surface area contributed by atoms with Crippen molar-refractivity contribution in [2.45, 2.75) is 50.9 Å². The van der Waals surface area contributed by atoms with Crippen LogP contribution in [0.15, 0.2) is 47.6 Å². The van der Waals surface area contributed by atoms with Crippen LogP contribution in [0.1, 0.15) is 51.3 Å². The van der Waals surface area contributed by atoms with E-state index in [4.69, 9.17) is 14.6 Å². The lowest BCUT2D eigenvalue weighted by Gasteiger charge is -2.33. The van der Waals surface area contributed by atoms with Gasteiger partial charge in [-0.3, -0.25) is 4.79 Å². The van der Waals surface area contributed by atoms with Crippen LogP contribution in [-0.2, 0) is 4.79 Å². The molecule has 184 valence electrons. The molecule has 4 rings (SSSR count). The van der Waals surface area contributed by atoms with Crippen LogP contribution in [0.3, 0.4) is 0 Å². The number of thioether (sulfide) groups is 1. The minimum atomic E-state index is -0.688. The quantitative estimate of drug-likeness (QED) is 0.251. The lowest BCUT2D eigenvalue weighted by Crippen LogP contribution is -2.58. The molecule has 2 heterocycles. The first-order chi connectivity index (χ1) is 17.0. The number of anilines is 1. The Hall–Kier alpha value is -3.33. The number of fused-ring (bicyclic) bond motifs is 3. The van der Waals surface area contributed by atoms with Gasteiger partial charge in [0.25, 0.3) is 17.0 Å². The zero-order chi connectivity index (χ0) is 24.9. The van der Waals surface area contributed by atoms with Gasteiger partial charge in [-0.25, -0.2) is 9.88 Å². The highest BCUT2D eigenvalue weighted by Gasteiger charge is 2.44. The van der Waals surface area contributed by atoms with Crippen LogP contribution in [0, 0.1) is 0 Å². The average Bonchev–Trinajstić information content (AvgIpc) is 2.86. The summed E-state index contributed by atoms with van der Waals surface area (Å²) in [7, 11) is 3.13. The zero-order valence-electron chi connectivity index (χ0n) is 20.5. The van der Waals surface area contributed by atoms with Crippen LogP contribution in [0.5, 0.6) is 17.4 Å². The van der Waals surface area contributed by atoms with Gasteiger partial charge in [0.05, 0.1) is 31.4 Å². The molecule has 35 heavy (non-hydrogen) atoms. The summed E-state index contributed by atoms with van der Waals surface area (Å²) < 4.78 is 12.5. The maximum atomic E-state index is 13.3. The van der Waals surface area contributed by atoms with Gasteiger partial charge in [-0.15, -0.1) is 0 Å². The summed E-state index contributed by atoms with van der Waals surface area (Å²) in [5, 5.41) is 18.5. The van der Waals surface area contributed by atoms with Gasteiger partial charge in [-0.1, -0.05) is 54.8 Å². The molecule has 0 saturated carbocycles. The molecule has 8 nitrogen and oxygen atoms in total. The van der Waals surface area contributed by atoms with Crippen molar-refractivity contribution in [3.8, 4) is 28.6 Å². The van der Waals surface area contributed by atoms with Crippen molar-refractivity contribution in [1.29, 1.82) is 0 Å². The van der Waals surface area contributed by atoms with Gasteiger partial charge in [-0.2, -0.15) is 0 Å². The van der Waals surface area contributed by atoms with Gasteiger partial charge in [0.2, 0.25) is 5.91 Å². The Morgan fingerprint density at radius 3 is 2.60 bits per heavy atom. The number of benzene rings is 2. The monoisotopic (exact) mass is 494 g/mol. The number of para-hydroxylation sites is 1. The highest BCUT2D eigenvalue weighted by atomic mass is 32.2. The van der Waals surface area contributed by atoms with Crippen LogP contribution >= 0.6 is 11.8 Å². The van der Waals surface area contributed by atoms with Crippen molar-refractivity contribution >= 4 is 23.4 Å². The minimum absolute atomic E-state index is 0.171. The van der Waals surface area contributed by atoms with Gasteiger partial charge < -0.3 is 14.6 Å². The number of rotatable bonds is 9. The fourth-order valence-electron chi connectivity index (χ4n) is 4.34. The van der Waals surface area contributed by atoms with E-state index in [-0.39, 0.29) is 11.8 Å². The zero-order valence-corrected chi connectivity index (χ0v) is 21.3. The summed E-state index contributed by atoms with van der Waals surface area (Å²) >= 11 is 1.47. The van der Waals surface area contributed by atoms with Crippen molar-refractivity contribution in [3.63, 3.8) is 0 Å². The molecule has 1 aliphatic heterocycles. The van der Waals surface area contributed by atoms with Crippen LogP contribution in [-0.4, -0.2) is 36.0 Å². The first-order valence-corrected chi connectivity index (χ1v) is 12.7. The third kappa shape index (κ3) is 4.91. The maximum absolute atomic E-state index is 13.3. The number of aromatic nitrogens is 3. The molecule has 2 aromatic carbocycles. The summed E-state index contributed by atoms with van der Waals surface area (Å²) in [6.45, 7) is 3.69. The Labute approximate surface area is 209 Å². The molecule has 0 aliphatic carbocycles. The van der Waals surface area contributed by atoms with Crippen LogP contribution < -0.4 is 24.2 Å². The second-order valence-electron chi connectivity index (χ2n) is 8.30. The van der Waals surface area contributed by atoms with Crippen LogP contribution in [0.2, 0.25) is 0 Å². The van der Waals surface area contributed by atoms with E-state index in [9.17, 15) is 9.90 Å². The van der Waals surface area contributed by atoms with E-state index in [0.29, 0.717) is 33.6 Å². The Morgan fingerprint density at radius 1 is 1.11 bits per heavy atom. The molecule has 0 radical (unpaired) electrons. The third-order valence-electron chi connectivity index (χ3n) is 5.99. The number of hydrogen-bond donors (Lipinski definition) is 0. The maximum Gasteiger partial charge on any atom is 0.293 e. The molecular formula is C26H30N4O4S. The first-order valence-electron chi connectivity index (χ1n) is 11.7. The van der Waals surface area contributed by atoms with Crippen molar-refractivity contribution < 1.29 is 24.1 Å². The number of carbonyl (C=O) groups excluding carboxylic acids is 1. The fraction of sp³-hybridized carbons (Fsp3) is 0.385. The lowest BCUT2D eigenvalue weighted by atomic mass is 10.0. The summed E-state index contributed by atoms with van der Waals surface area (Å²) in [6, 6.07) is 12.8. The van der Waals surface area contributed by atoms with Crippen LogP contribution in [0.4, 0.5) is 5.69 Å². The largest absolute Gasteiger partial charge is 0.854 e. The van der Waals surface area contributed by atoms with E-state index in [1.54, 1.807) is 29.9 Å². The molecule has 0 saturated heterocycles. The molecule has 9 heteroatoms. The van der Waals surface area contributed by atoms with Crippen molar-refractivity contribution in [1.82, 2.24) is 10.1 Å². The Balaban J connectivity index is 1.86.